The molecule has 2 saturated heterocycles. The predicted molar refractivity (Wildman–Crippen MR) is 44.9 cm³/mol. The Morgan fingerprint density at radius 3 is 3.10 bits per heavy atom. The van der Waals surface area contributed by atoms with E-state index in [4.69, 9.17) is 0 Å². The minimum atomic E-state index is 0.623. The second kappa shape index (κ2) is 2.09. The Balaban J connectivity index is 2.12. The average Bonchev–Trinajstić information content (AvgIpc) is 2.35. The summed E-state index contributed by atoms with van der Waals surface area (Å²) in [6.07, 6.45) is 0. The van der Waals surface area contributed by atoms with Crippen LogP contribution in [0.1, 0.15) is 6.92 Å². The zero-order valence-electron chi connectivity index (χ0n) is 6.05. The number of rotatable bonds is 0. The van der Waals surface area contributed by atoms with Gasteiger partial charge in [0.1, 0.15) is 0 Å². The lowest BCUT2D eigenvalue weighted by Crippen LogP contribution is -2.35. The maximum atomic E-state index is 3.84. The van der Waals surface area contributed by atoms with Gasteiger partial charge in [-0.1, -0.05) is 13.5 Å². The van der Waals surface area contributed by atoms with Crippen molar-refractivity contribution in [1.82, 2.24) is 10.6 Å². The van der Waals surface area contributed by atoms with Crippen LogP contribution in [0.2, 0.25) is 0 Å². The molecule has 2 aliphatic rings. The molecule has 2 rings (SSSR count). The first-order chi connectivity index (χ1) is 4.77. The van der Waals surface area contributed by atoms with Crippen LogP contribution in [0.4, 0.5) is 0 Å². The third-order valence-corrected chi connectivity index (χ3v) is 3.55. The van der Waals surface area contributed by atoms with Crippen LogP contribution >= 0.6 is 11.8 Å². The maximum absolute atomic E-state index is 3.84. The molecule has 0 unspecified atom stereocenters. The molecule has 0 aromatic heterocycles. The van der Waals surface area contributed by atoms with Gasteiger partial charge in [-0.3, -0.25) is 0 Å². The first-order valence-corrected chi connectivity index (χ1v) is 4.66. The molecule has 0 bridgehead atoms. The fourth-order valence-corrected chi connectivity index (χ4v) is 2.87. The molecule has 10 heavy (non-hydrogen) atoms. The SMILES string of the molecule is C=C1N[C@H]2[C@H](CS[C@H]2C)N1. The third kappa shape index (κ3) is 0.804. The second-order valence-electron chi connectivity index (χ2n) is 2.94. The molecule has 3 heteroatoms. The van der Waals surface area contributed by atoms with Crippen molar-refractivity contribution in [3.8, 4) is 0 Å². The van der Waals surface area contributed by atoms with E-state index in [0.717, 1.165) is 11.1 Å². The topological polar surface area (TPSA) is 24.1 Å². The highest BCUT2D eigenvalue weighted by atomic mass is 32.2. The highest BCUT2D eigenvalue weighted by Gasteiger charge is 2.38. The van der Waals surface area contributed by atoms with E-state index in [0.29, 0.717) is 12.1 Å². The summed E-state index contributed by atoms with van der Waals surface area (Å²) in [6.45, 7) is 6.11. The molecule has 2 fully saturated rings. The van der Waals surface area contributed by atoms with Crippen LogP contribution < -0.4 is 10.6 Å². The summed E-state index contributed by atoms with van der Waals surface area (Å²) in [5.74, 6) is 2.22. The van der Waals surface area contributed by atoms with Crippen molar-refractivity contribution >= 4 is 11.8 Å². The smallest absolute Gasteiger partial charge is 0.0918 e. The summed E-state index contributed by atoms with van der Waals surface area (Å²) in [6, 6.07) is 1.25. The van der Waals surface area contributed by atoms with Crippen molar-refractivity contribution in [2.45, 2.75) is 24.3 Å². The van der Waals surface area contributed by atoms with Crippen molar-refractivity contribution in [2.24, 2.45) is 0 Å². The van der Waals surface area contributed by atoms with Crippen LogP contribution in [0, 0.1) is 0 Å². The maximum Gasteiger partial charge on any atom is 0.0918 e. The standard InChI is InChI=1S/C7H12N2S/c1-4-7-6(3-10-4)8-5(2)9-7/h4,6-9H,2-3H2,1H3/t4-,6-,7+/m0/s1. The molecule has 0 aromatic carbocycles. The fraction of sp³-hybridized carbons (Fsp3) is 0.714. The first kappa shape index (κ1) is 6.40. The van der Waals surface area contributed by atoms with Crippen LogP contribution in [-0.2, 0) is 0 Å². The van der Waals surface area contributed by atoms with E-state index in [-0.39, 0.29) is 0 Å². The van der Waals surface area contributed by atoms with Crippen molar-refractivity contribution in [1.29, 1.82) is 0 Å². The van der Waals surface area contributed by atoms with Crippen LogP contribution in [-0.4, -0.2) is 23.1 Å². The predicted octanol–water partition coefficient (Wildman–Crippen LogP) is 0.523. The number of nitrogens with one attached hydrogen (secondary N) is 2. The summed E-state index contributed by atoms with van der Waals surface area (Å²) in [5.41, 5.74) is 0. The lowest BCUT2D eigenvalue weighted by atomic mass is 10.1. The van der Waals surface area contributed by atoms with Gasteiger partial charge in [0, 0.05) is 11.0 Å². The summed E-state index contributed by atoms with van der Waals surface area (Å²) in [4.78, 5) is 0. The average molecular weight is 156 g/mol. The molecular formula is C7H12N2S. The van der Waals surface area contributed by atoms with Crippen LogP contribution in [0.15, 0.2) is 12.4 Å². The van der Waals surface area contributed by atoms with Gasteiger partial charge < -0.3 is 10.6 Å². The lowest BCUT2D eigenvalue weighted by Gasteiger charge is -2.11. The minimum absolute atomic E-state index is 0.623. The molecule has 2 nitrogen and oxygen atoms in total. The second-order valence-corrected chi connectivity index (χ2v) is 4.35. The number of hydrogen-bond donors (Lipinski definition) is 2. The normalized spacial score (nSPS) is 44.5. The van der Waals surface area contributed by atoms with E-state index in [1.165, 1.54) is 5.75 Å². The van der Waals surface area contributed by atoms with E-state index in [1.807, 2.05) is 11.8 Å². The van der Waals surface area contributed by atoms with Crippen molar-refractivity contribution in [2.75, 3.05) is 5.75 Å². The van der Waals surface area contributed by atoms with Crippen molar-refractivity contribution in [3.05, 3.63) is 12.4 Å². The Kier molecular flexibility index (Phi) is 1.34. The molecule has 0 amide bonds. The van der Waals surface area contributed by atoms with E-state index in [9.17, 15) is 0 Å². The molecular weight excluding hydrogens is 144 g/mol. The Morgan fingerprint density at radius 2 is 2.40 bits per heavy atom. The zero-order chi connectivity index (χ0) is 7.14. The van der Waals surface area contributed by atoms with Gasteiger partial charge in [-0.15, -0.1) is 0 Å². The Morgan fingerprint density at radius 1 is 1.60 bits per heavy atom. The fourth-order valence-electron chi connectivity index (χ4n) is 1.61. The summed E-state index contributed by atoms with van der Waals surface area (Å²) >= 11 is 2.03. The van der Waals surface area contributed by atoms with E-state index >= 15 is 0 Å². The Bertz CT molecular complexity index is 169. The van der Waals surface area contributed by atoms with E-state index in [2.05, 4.69) is 24.1 Å². The molecule has 2 N–H and O–H groups in total. The van der Waals surface area contributed by atoms with Crippen LogP contribution in [0.5, 0.6) is 0 Å². The molecule has 2 aliphatic heterocycles. The molecule has 0 spiro atoms. The number of hydrogen-bond acceptors (Lipinski definition) is 3. The first-order valence-electron chi connectivity index (χ1n) is 3.61. The number of thioether (sulfide) groups is 1. The van der Waals surface area contributed by atoms with Gasteiger partial charge in [0.25, 0.3) is 0 Å². The van der Waals surface area contributed by atoms with Crippen molar-refractivity contribution < 1.29 is 0 Å². The summed E-state index contributed by atoms with van der Waals surface area (Å²) in [5, 5.41) is 7.39. The highest BCUT2D eigenvalue weighted by Crippen LogP contribution is 2.30. The monoisotopic (exact) mass is 156 g/mol. The Labute approximate surface area is 65.5 Å². The minimum Gasteiger partial charge on any atom is -0.367 e. The molecule has 56 valence electrons. The van der Waals surface area contributed by atoms with E-state index in [1.54, 1.807) is 0 Å². The summed E-state index contributed by atoms with van der Waals surface area (Å²) < 4.78 is 0. The summed E-state index contributed by atoms with van der Waals surface area (Å²) in [7, 11) is 0. The molecule has 0 aromatic rings. The van der Waals surface area contributed by atoms with Gasteiger partial charge >= 0.3 is 0 Å². The molecule has 0 saturated carbocycles. The van der Waals surface area contributed by atoms with Crippen LogP contribution in [0.3, 0.4) is 0 Å². The van der Waals surface area contributed by atoms with Gasteiger partial charge in [-0.2, -0.15) is 11.8 Å². The van der Waals surface area contributed by atoms with Gasteiger partial charge in [0.05, 0.1) is 17.9 Å². The lowest BCUT2D eigenvalue weighted by molar-refractivity contribution is 0.569. The molecule has 0 radical (unpaired) electrons. The number of fused-ring (bicyclic) bond motifs is 1. The van der Waals surface area contributed by atoms with Gasteiger partial charge in [-0.05, 0) is 0 Å². The largest absolute Gasteiger partial charge is 0.367 e. The van der Waals surface area contributed by atoms with Gasteiger partial charge in [0.15, 0.2) is 0 Å². The van der Waals surface area contributed by atoms with Gasteiger partial charge in [-0.25, -0.2) is 0 Å². The van der Waals surface area contributed by atoms with E-state index < -0.39 is 0 Å². The third-order valence-electron chi connectivity index (χ3n) is 2.18. The Hall–Kier alpha value is -0.310. The molecule has 2 heterocycles. The highest BCUT2D eigenvalue weighted by molar-refractivity contribution is 8.00. The zero-order valence-corrected chi connectivity index (χ0v) is 6.87. The molecule has 0 aliphatic carbocycles. The van der Waals surface area contributed by atoms with Crippen LogP contribution in [0.25, 0.3) is 0 Å². The quantitative estimate of drug-likeness (QED) is 0.535. The van der Waals surface area contributed by atoms with Crippen molar-refractivity contribution in [3.63, 3.8) is 0 Å². The van der Waals surface area contributed by atoms with Gasteiger partial charge in [0.2, 0.25) is 0 Å². The molecule has 3 atom stereocenters.